The van der Waals surface area contributed by atoms with E-state index in [1.54, 1.807) is 0 Å². The van der Waals surface area contributed by atoms with Crippen LogP contribution in [0.1, 0.15) is 25.7 Å². The summed E-state index contributed by atoms with van der Waals surface area (Å²) in [6, 6.07) is 0.366. The van der Waals surface area contributed by atoms with E-state index in [2.05, 4.69) is 5.32 Å². The average molecular weight is 310 g/mol. The highest BCUT2D eigenvalue weighted by Gasteiger charge is 2.31. The van der Waals surface area contributed by atoms with Crippen molar-refractivity contribution >= 4 is 19.9 Å². The monoisotopic (exact) mass is 310 g/mol. The molecule has 0 bridgehead atoms. The first kappa shape index (κ1) is 15.2. The molecule has 0 atom stereocenters. The molecular formula is C11H22N2O4S2. The van der Waals surface area contributed by atoms with Gasteiger partial charge in [-0.25, -0.2) is 21.1 Å². The Balaban J connectivity index is 1.81. The first-order valence-electron chi connectivity index (χ1n) is 6.65. The Bertz CT molecular complexity index is 503. The molecule has 0 aromatic carbocycles. The van der Waals surface area contributed by atoms with E-state index in [-0.39, 0.29) is 0 Å². The van der Waals surface area contributed by atoms with E-state index in [1.165, 1.54) is 17.1 Å². The first-order chi connectivity index (χ1) is 8.76. The summed E-state index contributed by atoms with van der Waals surface area (Å²) in [6.07, 6.45) is 5.07. The van der Waals surface area contributed by atoms with Crippen molar-refractivity contribution in [2.45, 2.75) is 31.7 Å². The molecule has 1 aliphatic carbocycles. The van der Waals surface area contributed by atoms with Crippen molar-refractivity contribution in [3.63, 3.8) is 0 Å². The molecule has 0 unspecified atom stereocenters. The average Bonchev–Trinajstić information content (AvgIpc) is 3.07. The molecule has 0 spiro atoms. The normalized spacial score (nSPS) is 23.6. The highest BCUT2D eigenvalue weighted by Crippen LogP contribution is 2.28. The summed E-state index contributed by atoms with van der Waals surface area (Å²) in [6.45, 7) is 1.86. The van der Waals surface area contributed by atoms with Crippen LogP contribution < -0.4 is 5.32 Å². The van der Waals surface area contributed by atoms with Gasteiger partial charge < -0.3 is 5.32 Å². The van der Waals surface area contributed by atoms with Crippen molar-refractivity contribution in [1.29, 1.82) is 0 Å². The summed E-state index contributed by atoms with van der Waals surface area (Å²) in [4.78, 5) is 0. The maximum Gasteiger partial charge on any atom is 0.228 e. The summed E-state index contributed by atoms with van der Waals surface area (Å²) < 4.78 is 47.4. The minimum Gasteiger partial charge on any atom is -0.314 e. The van der Waals surface area contributed by atoms with Crippen LogP contribution in [-0.2, 0) is 19.9 Å². The molecule has 1 saturated carbocycles. The van der Waals surface area contributed by atoms with Crippen molar-refractivity contribution in [3.05, 3.63) is 0 Å². The molecule has 0 aromatic heterocycles. The zero-order chi connectivity index (χ0) is 14.1. The maximum absolute atomic E-state index is 11.9. The number of rotatable bonds is 6. The molecule has 8 heteroatoms. The van der Waals surface area contributed by atoms with Gasteiger partial charge in [-0.05, 0) is 38.1 Å². The third kappa shape index (κ3) is 5.02. The van der Waals surface area contributed by atoms with Gasteiger partial charge in [-0.2, -0.15) is 0 Å². The number of hydrogen-bond acceptors (Lipinski definition) is 5. The maximum atomic E-state index is 11.9. The van der Waals surface area contributed by atoms with Crippen LogP contribution in [-0.4, -0.2) is 58.2 Å². The second-order valence-electron chi connectivity index (χ2n) is 5.68. The SMILES string of the molecule is CS(=O)(=O)CS(=O)(=O)N1CCC(NCC2CC2)CC1. The van der Waals surface area contributed by atoms with Crippen LogP contribution >= 0.6 is 0 Å². The second kappa shape index (κ2) is 5.67. The van der Waals surface area contributed by atoms with Crippen LogP contribution in [0.15, 0.2) is 0 Å². The Morgan fingerprint density at radius 2 is 1.63 bits per heavy atom. The Kier molecular flexibility index (Phi) is 4.54. The van der Waals surface area contributed by atoms with Crippen LogP contribution in [0.2, 0.25) is 0 Å². The third-order valence-corrected chi connectivity index (χ3v) is 7.66. The predicted octanol–water partition coefficient (Wildman–Crippen LogP) is -0.218. The molecule has 1 N–H and O–H groups in total. The predicted molar refractivity (Wildman–Crippen MR) is 74.0 cm³/mol. The lowest BCUT2D eigenvalue weighted by Gasteiger charge is -2.31. The minimum absolute atomic E-state index is 0.366. The Morgan fingerprint density at radius 3 is 2.11 bits per heavy atom. The van der Waals surface area contributed by atoms with Gasteiger partial charge in [-0.3, -0.25) is 0 Å². The van der Waals surface area contributed by atoms with Gasteiger partial charge >= 0.3 is 0 Å². The van der Waals surface area contributed by atoms with Crippen LogP contribution in [0, 0.1) is 5.92 Å². The zero-order valence-corrected chi connectivity index (χ0v) is 12.8. The lowest BCUT2D eigenvalue weighted by atomic mass is 10.1. The Labute approximate surface area is 115 Å². The summed E-state index contributed by atoms with van der Waals surface area (Å²) >= 11 is 0. The van der Waals surface area contributed by atoms with E-state index in [0.717, 1.165) is 31.6 Å². The van der Waals surface area contributed by atoms with Gasteiger partial charge in [0.05, 0.1) is 0 Å². The molecule has 0 aromatic rings. The fourth-order valence-corrected chi connectivity index (χ4v) is 5.87. The molecule has 2 rings (SSSR count). The lowest BCUT2D eigenvalue weighted by Crippen LogP contribution is -2.46. The number of sulfone groups is 1. The number of sulfonamides is 1. The molecule has 1 heterocycles. The topological polar surface area (TPSA) is 83.5 Å². The smallest absolute Gasteiger partial charge is 0.228 e. The van der Waals surface area contributed by atoms with Gasteiger partial charge in [0.1, 0.15) is 0 Å². The van der Waals surface area contributed by atoms with Crippen molar-refractivity contribution in [2.24, 2.45) is 5.92 Å². The van der Waals surface area contributed by atoms with Gasteiger partial charge in [-0.1, -0.05) is 0 Å². The summed E-state index contributed by atoms with van der Waals surface area (Å²) in [5, 5.41) is 2.69. The van der Waals surface area contributed by atoms with Crippen molar-refractivity contribution < 1.29 is 16.8 Å². The van der Waals surface area contributed by atoms with Crippen molar-refractivity contribution in [3.8, 4) is 0 Å². The number of piperidine rings is 1. The van der Waals surface area contributed by atoms with Crippen molar-refractivity contribution in [1.82, 2.24) is 9.62 Å². The largest absolute Gasteiger partial charge is 0.314 e. The molecule has 6 nitrogen and oxygen atoms in total. The summed E-state index contributed by atoms with van der Waals surface area (Å²) in [5.41, 5.74) is 0. The molecule has 112 valence electrons. The number of nitrogens with zero attached hydrogens (tertiary/aromatic N) is 1. The van der Waals surface area contributed by atoms with Gasteiger partial charge in [0.15, 0.2) is 14.9 Å². The van der Waals surface area contributed by atoms with E-state index in [1.807, 2.05) is 0 Å². The van der Waals surface area contributed by atoms with E-state index in [0.29, 0.717) is 19.1 Å². The third-order valence-electron chi connectivity index (χ3n) is 3.60. The quantitative estimate of drug-likeness (QED) is 0.733. The standard InChI is InChI=1S/C11H22N2O4S2/c1-18(14,15)9-19(16,17)13-6-4-11(5-7-13)12-8-10-2-3-10/h10-12H,2-9H2,1H3. The Morgan fingerprint density at radius 1 is 1.05 bits per heavy atom. The van der Waals surface area contributed by atoms with E-state index in [4.69, 9.17) is 0 Å². The van der Waals surface area contributed by atoms with Gasteiger partial charge in [0, 0.05) is 25.4 Å². The van der Waals surface area contributed by atoms with E-state index >= 15 is 0 Å². The van der Waals surface area contributed by atoms with Crippen LogP contribution in [0.4, 0.5) is 0 Å². The van der Waals surface area contributed by atoms with Crippen LogP contribution in [0.3, 0.4) is 0 Å². The van der Waals surface area contributed by atoms with Crippen LogP contribution in [0.25, 0.3) is 0 Å². The lowest BCUT2D eigenvalue weighted by molar-refractivity contribution is 0.289. The van der Waals surface area contributed by atoms with Crippen LogP contribution in [0.5, 0.6) is 0 Å². The fourth-order valence-electron chi connectivity index (χ4n) is 2.34. The highest BCUT2D eigenvalue weighted by molar-refractivity contribution is 8.06. The molecular weight excluding hydrogens is 288 g/mol. The van der Waals surface area contributed by atoms with Gasteiger partial charge in [-0.15, -0.1) is 0 Å². The van der Waals surface area contributed by atoms with Gasteiger partial charge in [0.25, 0.3) is 0 Å². The molecule has 0 amide bonds. The molecule has 1 aliphatic heterocycles. The van der Waals surface area contributed by atoms with Crippen molar-refractivity contribution in [2.75, 3.05) is 31.0 Å². The minimum atomic E-state index is -3.67. The molecule has 0 radical (unpaired) electrons. The Hall–Kier alpha value is -0.180. The van der Waals surface area contributed by atoms with E-state index in [9.17, 15) is 16.8 Å². The summed E-state index contributed by atoms with van der Waals surface area (Å²) in [7, 11) is -7.17. The van der Waals surface area contributed by atoms with Gasteiger partial charge in [0.2, 0.25) is 10.0 Å². The number of nitrogens with one attached hydrogen (secondary N) is 1. The fraction of sp³-hybridized carbons (Fsp3) is 1.00. The molecule has 19 heavy (non-hydrogen) atoms. The number of hydrogen-bond donors (Lipinski definition) is 1. The highest BCUT2D eigenvalue weighted by atomic mass is 32.3. The molecule has 2 aliphatic rings. The first-order valence-corrected chi connectivity index (χ1v) is 10.3. The van der Waals surface area contributed by atoms with E-state index < -0.39 is 24.9 Å². The molecule has 2 fully saturated rings. The second-order valence-corrected chi connectivity index (χ2v) is 10.2. The zero-order valence-electron chi connectivity index (χ0n) is 11.2. The molecule has 1 saturated heterocycles. The summed E-state index contributed by atoms with van der Waals surface area (Å²) in [5.74, 6) is 0.812.